The molecule has 1 rings (SSSR count). The van der Waals surface area contributed by atoms with Crippen LogP contribution in [0.2, 0.25) is 0 Å². The summed E-state index contributed by atoms with van der Waals surface area (Å²) in [5, 5.41) is 0. The summed E-state index contributed by atoms with van der Waals surface area (Å²) in [5.41, 5.74) is 1.25. The van der Waals surface area contributed by atoms with Crippen molar-refractivity contribution in [3.05, 3.63) is 29.8 Å². The molecule has 5 nitrogen and oxygen atoms in total. The van der Waals surface area contributed by atoms with Crippen LogP contribution in [0.1, 0.15) is 12.5 Å². The molecule has 0 bridgehead atoms. The molecule has 0 atom stereocenters. The number of ether oxygens (including phenoxy) is 1. The lowest BCUT2D eigenvalue weighted by Crippen LogP contribution is -2.10. The zero-order chi connectivity index (χ0) is 12.9. The molecular formula is C11H15NO4S. The Morgan fingerprint density at radius 3 is 2.35 bits per heavy atom. The van der Waals surface area contributed by atoms with Crippen molar-refractivity contribution >= 4 is 21.7 Å². The van der Waals surface area contributed by atoms with Crippen LogP contribution in [0, 0.1) is 0 Å². The van der Waals surface area contributed by atoms with Crippen LogP contribution in [0.3, 0.4) is 0 Å². The number of hydrogen-bond acceptors (Lipinski definition) is 4. The van der Waals surface area contributed by atoms with Crippen molar-refractivity contribution in [1.82, 2.24) is 0 Å². The minimum Gasteiger partial charge on any atom is -0.466 e. The fourth-order valence-electron chi connectivity index (χ4n) is 1.28. The van der Waals surface area contributed by atoms with Crippen molar-refractivity contribution in [3.8, 4) is 0 Å². The Hall–Kier alpha value is -1.56. The van der Waals surface area contributed by atoms with Gasteiger partial charge in [0.25, 0.3) is 0 Å². The fraction of sp³-hybridized carbons (Fsp3) is 0.364. The molecule has 0 fully saturated rings. The Bertz CT molecular complexity index is 479. The molecule has 0 aromatic heterocycles. The standard InChI is InChI=1S/C11H15NO4S/c1-3-16-11(13)8-9-4-6-10(7-5-9)12-17(2,14)15/h4-7,12H,3,8H2,1-2H3. The molecule has 17 heavy (non-hydrogen) atoms. The van der Waals surface area contributed by atoms with E-state index in [-0.39, 0.29) is 12.4 Å². The normalized spacial score (nSPS) is 10.9. The predicted molar refractivity (Wildman–Crippen MR) is 65.2 cm³/mol. The SMILES string of the molecule is CCOC(=O)Cc1ccc(NS(C)(=O)=O)cc1. The second-order valence-corrected chi connectivity index (χ2v) is 5.30. The maximum atomic E-state index is 11.2. The minimum atomic E-state index is -3.26. The van der Waals surface area contributed by atoms with Gasteiger partial charge in [-0.25, -0.2) is 8.42 Å². The van der Waals surface area contributed by atoms with Gasteiger partial charge in [-0.3, -0.25) is 9.52 Å². The molecule has 0 saturated heterocycles. The number of anilines is 1. The molecule has 0 radical (unpaired) electrons. The number of hydrogen-bond donors (Lipinski definition) is 1. The first-order valence-corrected chi connectivity index (χ1v) is 7.02. The Kier molecular flexibility index (Phi) is 4.51. The molecule has 0 aliphatic heterocycles. The van der Waals surface area contributed by atoms with Gasteiger partial charge in [0.05, 0.1) is 19.3 Å². The molecule has 0 aliphatic rings. The van der Waals surface area contributed by atoms with Gasteiger partial charge in [-0.1, -0.05) is 12.1 Å². The van der Waals surface area contributed by atoms with Crippen molar-refractivity contribution in [1.29, 1.82) is 0 Å². The van der Waals surface area contributed by atoms with Gasteiger partial charge in [0.15, 0.2) is 0 Å². The average molecular weight is 257 g/mol. The number of esters is 1. The lowest BCUT2D eigenvalue weighted by Gasteiger charge is -2.05. The van der Waals surface area contributed by atoms with Gasteiger partial charge < -0.3 is 4.74 Å². The summed E-state index contributed by atoms with van der Waals surface area (Å²) in [6, 6.07) is 6.58. The van der Waals surface area contributed by atoms with Gasteiger partial charge in [0, 0.05) is 5.69 Å². The Labute approximate surface area is 101 Å². The van der Waals surface area contributed by atoms with E-state index in [0.717, 1.165) is 11.8 Å². The van der Waals surface area contributed by atoms with Crippen LogP contribution in [0.5, 0.6) is 0 Å². The van der Waals surface area contributed by atoms with Gasteiger partial charge in [-0.05, 0) is 24.6 Å². The largest absolute Gasteiger partial charge is 0.466 e. The van der Waals surface area contributed by atoms with E-state index in [4.69, 9.17) is 4.74 Å². The third-order valence-electron chi connectivity index (χ3n) is 1.91. The third-order valence-corrected chi connectivity index (χ3v) is 2.52. The predicted octanol–water partition coefficient (Wildman–Crippen LogP) is 1.16. The maximum absolute atomic E-state index is 11.2. The number of rotatable bonds is 5. The van der Waals surface area contributed by atoms with Crippen molar-refractivity contribution in [2.45, 2.75) is 13.3 Å². The maximum Gasteiger partial charge on any atom is 0.310 e. The van der Waals surface area contributed by atoms with E-state index in [0.29, 0.717) is 12.3 Å². The zero-order valence-electron chi connectivity index (χ0n) is 9.76. The first kappa shape index (κ1) is 13.5. The second kappa shape index (κ2) is 5.67. The van der Waals surface area contributed by atoms with Crippen molar-refractivity contribution in [2.24, 2.45) is 0 Å². The first-order chi connectivity index (χ1) is 7.90. The summed E-state index contributed by atoms with van der Waals surface area (Å²) >= 11 is 0. The summed E-state index contributed by atoms with van der Waals surface area (Å²) < 4.78 is 29.1. The average Bonchev–Trinajstić information content (AvgIpc) is 2.19. The monoisotopic (exact) mass is 257 g/mol. The molecule has 0 spiro atoms. The van der Waals surface area contributed by atoms with Gasteiger partial charge in [0.1, 0.15) is 0 Å². The lowest BCUT2D eigenvalue weighted by molar-refractivity contribution is -0.142. The zero-order valence-corrected chi connectivity index (χ0v) is 10.6. The highest BCUT2D eigenvalue weighted by Crippen LogP contribution is 2.11. The third kappa shape index (κ3) is 5.35. The number of carbonyl (C=O) groups excluding carboxylic acids is 1. The van der Waals surface area contributed by atoms with Gasteiger partial charge in [-0.15, -0.1) is 0 Å². The van der Waals surface area contributed by atoms with Gasteiger partial charge in [0.2, 0.25) is 10.0 Å². The van der Waals surface area contributed by atoms with Crippen molar-refractivity contribution in [2.75, 3.05) is 17.6 Å². The minimum absolute atomic E-state index is 0.187. The highest BCUT2D eigenvalue weighted by Gasteiger charge is 2.05. The van der Waals surface area contributed by atoms with Crippen LogP contribution in [0.25, 0.3) is 0 Å². The van der Waals surface area contributed by atoms with E-state index in [2.05, 4.69) is 4.72 Å². The Morgan fingerprint density at radius 2 is 1.88 bits per heavy atom. The highest BCUT2D eigenvalue weighted by molar-refractivity contribution is 7.92. The molecular weight excluding hydrogens is 242 g/mol. The van der Waals surface area contributed by atoms with E-state index in [1.54, 1.807) is 31.2 Å². The number of carbonyl (C=O) groups is 1. The fourth-order valence-corrected chi connectivity index (χ4v) is 1.85. The molecule has 0 saturated carbocycles. The quantitative estimate of drug-likeness (QED) is 0.803. The summed E-state index contributed by atoms with van der Waals surface area (Å²) in [5.74, 6) is -0.295. The summed E-state index contributed by atoms with van der Waals surface area (Å²) in [4.78, 5) is 11.2. The van der Waals surface area contributed by atoms with Crippen LogP contribution in [-0.4, -0.2) is 27.2 Å². The first-order valence-electron chi connectivity index (χ1n) is 5.13. The molecule has 1 aromatic carbocycles. The lowest BCUT2D eigenvalue weighted by atomic mass is 10.1. The van der Waals surface area contributed by atoms with E-state index < -0.39 is 10.0 Å². The number of nitrogens with one attached hydrogen (secondary N) is 1. The van der Waals surface area contributed by atoms with Crippen molar-refractivity contribution < 1.29 is 17.9 Å². The highest BCUT2D eigenvalue weighted by atomic mass is 32.2. The molecule has 0 unspecified atom stereocenters. The summed E-state index contributed by atoms with van der Waals surface area (Å²) in [6.07, 6.45) is 1.27. The van der Waals surface area contributed by atoms with Crippen LogP contribution in [0.15, 0.2) is 24.3 Å². The summed E-state index contributed by atoms with van der Waals surface area (Å²) in [7, 11) is -3.26. The summed E-state index contributed by atoms with van der Waals surface area (Å²) in [6.45, 7) is 2.10. The van der Waals surface area contributed by atoms with E-state index in [1.807, 2.05) is 0 Å². The molecule has 6 heteroatoms. The van der Waals surface area contributed by atoms with E-state index in [1.165, 1.54) is 0 Å². The smallest absolute Gasteiger partial charge is 0.310 e. The van der Waals surface area contributed by atoms with Crippen LogP contribution < -0.4 is 4.72 Å². The van der Waals surface area contributed by atoms with Crippen LogP contribution in [-0.2, 0) is 26.0 Å². The van der Waals surface area contributed by atoms with Crippen LogP contribution >= 0.6 is 0 Å². The number of sulfonamides is 1. The van der Waals surface area contributed by atoms with E-state index >= 15 is 0 Å². The van der Waals surface area contributed by atoms with E-state index in [9.17, 15) is 13.2 Å². The molecule has 0 amide bonds. The molecule has 0 heterocycles. The Morgan fingerprint density at radius 1 is 1.29 bits per heavy atom. The second-order valence-electron chi connectivity index (χ2n) is 3.55. The molecule has 94 valence electrons. The molecule has 0 aliphatic carbocycles. The van der Waals surface area contributed by atoms with Crippen molar-refractivity contribution in [3.63, 3.8) is 0 Å². The topological polar surface area (TPSA) is 72.5 Å². The van der Waals surface area contributed by atoms with Gasteiger partial charge >= 0.3 is 5.97 Å². The molecule has 1 N–H and O–H groups in total. The number of benzene rings is 1. The molecule has 1 aromatic rings. The Balaban J connectivity index is 2.65. The van der Waals surface area contributed by atoms with Gasteiger partial charge in [-0.2, -0.15) is 0 Å². The van der Waals surface area contributed by atoms with Crippen LogP contribution in [0.4, 0.5) is 5.69 Å².